The Labute approximate surface area is 304 Å². The van der Waals surface area contributed by atoms with Crippen LogP contribution in [-0.4, -0.2) is 41.0 Å². The zero-order chi connectivity index (χ0) is 31.7. The maximum Gasteiger partial charge on any atom is 0.312 e. The number of aliphatic hydroxyl groups excluding tert-OH is 1. The third-order valence-electron chi connectivity index (χ3n) is 13.0. The van der Waals surface area contributed by atoms with Gasteiger partial charge in [-0.05, 0) is 126 Å². The summed E-state index contributed by atoms with van der Waals surface area (Å²) in [6.45, 7) is 16.6. The molecule has 12 unspecified atom stereocenters. The first-order chi connectivity index (χ1) is 20.2. The van der Waals surface area contributed by atoms with E-state index in [1.807, 2.05) is 13.8 Å². The fraction of sp³-hybridized carbons (Fsp3) is 0.929. The van der Waals surface area contributed by atoms with Crippen molar-refractivity contribution in [3.8, 4) is 0 Å². The summed E-state index contributed by atoms with van der Waals surface area (Å²) in [7, 11) is 0. The molecular weight excluding hydrogens is 616 g/mol. The summed E-state index contributed by atoms with van der Waals surface area (Å²) in [5.41, 5.74) is -0.448. The van der Waals surface area contributed by atoms with E-state index in [0.29, 0.717) is 12.3 Å². The SMILES string of the molecule is C.C.C.C.C.C.CC1C(=O)OC(O)C1C.CC1C2CC(CCC3CCC(=O)O3)C(C2)C1C.CCC(C)(C)C(=O)OC1(CC)CC2CCC1C2. The van der Waals surface area contributed by atoms with E-state index in [1.165, 1.54) is 38.5 Å². The lowest BCUT2D eigenvalue weighted by Gasteiger charge is -2.38. The van der Waals surface area contributed by atoms with Crippen LogP contribution < -0.4 is 0 Å². The van der Waals surface area contributed by atoms with Gasteiger partial charge in [-0.2, -0.15) is 0 Å². The topological polar surface area (TPSA) is 99.1 Å². The average molecular weight is 701 g/mol. The molecule has 2 aliphatic heterocycles. The van der Waals surface area contributed by atoms with Crippen molar-refractivity contribution in [2.45, 2.75) is 195 Å². The molecule has 0 spiro atoms. The predicted molar refractivity (Wildman–Crippen MR) is 206 cm³/mol. The van der Waals surface area contributed by atoms with Gasteiger partial charge in [0.25, 0.3) is 0 Å². The summed E-state index contributed by atoms with van der Waals surface area (Å²) in [6.07, 6.45) is 13.1. The summed E-state index contributed by atoms with van der Waals surface area (Å²) in [5.74, 6) is 5.72. The van der Waals surface area contributed by atoms with E-state index >= 15 is 0 Å². The summed E-state index contributed by atoms with van der Waals surface area (Å²) in [5, 5.41) is 8.90. The Morgan fingerprint density at radius 2 is 1.49 bits per heavy atom. The van der Waals surface area contributed by atoms with Crippen molar-refractivity contribution in [1.82, 2.24) is 0 Å². The van der Waals surface area contributed by atoms with Gasteiger partial charge >= 0.3 is 17.9 Å². The summed E-state index contributed by atoms with van der Waals surface area (Å²) in [6, 6.07) is 0. The van der Waals surface area contributed by atoms with Crippen molar-refractivity contribution in [2.75, 3.05) is 0 Å². The average Bonchev–Trinajstić information content (AvgIpc) is 3.83. The highest BCUT2D eigenvalue weighted by Gasteiger charge is 2.53. The van der Waals surface area contributed by atoms with E-state index < -0.39 is 6.29 Å². The Kier molecular flexibility index (Phi) is 22.2. The molecule has 0 aromatic rings. The van der Waals surface area contributed by atoms with E-state index in [0.717, 1.165) is 67.6 Å². The second kappa shape index (κ2) is 21.0. The van der Waals surface area contributed by atoms with Crippen LogP contribution in [0.5, 0.6) is 0 Å². The largest absolute Gasteiger partial charge is 0.462 e. The number of esters is 3. The van der Waals surface area contributed by atoms with Gasteiger partial charge in [0.2, 0.25) is 6.29 Å². The van der Waals surface area contributed by atoms with Gasteiger partial charge < -0.3 is 19.3 Å². The molecule has 0 amide bonds. The quantitative estimate of drug-likeness (QED) is 0.208. The molecule has 6 rings (SSSR count). The van der Waals surface area contributed by atoms with Gasteiger partial charge in [0.15, 0.2) is 0 Å². The molecule has 0 radical (unpaired) electrons. The van der Waals surface area contributed by atoms with Gasteiger partial charge in [-0.1, -0.05) is 86.1 Å². The zero-order valence-corrected chi connectivity index (χ0v) is 28.2. The number of fused-ring (bicyclic) bond motifs is 4. The number of hydrogen-bond acceptors (Lipinski definition) is 7. The molecule has 2 saturated heterocycles. The summed E-state index contributed by atoms with van der Waals surface area (Å²) >= 11 is 0. The molecule has 6 aliphatic rings. The summed E-state index contributed by atoms with van der Waals surface area (Å²) in [4.78, 5) is 33.9. The molecule has 2 heterocycles. The Morgan fingerprint density at radius 1 is 0.857 bits per heavy atom. The van der Waals surface area contributed by atoms with Crippen LogP contribution in [0.25, 0.3) is 0 Å². The van der Waals surface area contributed by atoms with E-state index in [4.69, 9.17) is 14.6 Å². The normalized spacial score (nSPS) is 37.4. The number of carbonyl (C=O) groups is 3. The molecule has 7 nitrogen and oxygen atoms in total. The van der Waals surface area contributed by atoms with Gasteiger partial charge in [-0.15, -0.1) is 0 Å². The van der Waals surface area contributed by atoms with Crippen LogP contribution in [0.1, 0.15) is 177 Å². The third kappa shape index (κ3) is 11.4. The highest BCUT2D eigenvalue weighted by molar-refractivity contribution is 5.76. The molecule has 1 N–H and O–H groups in total. The Balaban J connectivity index is -0.000000635. The van der Waals surface area contributed by atoms with Gasteiger partial charge in [-0.25, -0.2) is 0 Å². The Bertz CT molecular complexity index is 992. The van der Waals surface area contributed by atoms with E-state index in [-0.39, 0.29) is 91.4 Å². The maximum absolute atomic E-state index is 12.3. The van der Waals surface area contributed by atoms with E-state index in [9.17, 15) is 14.4 Å². The Hall–Kier alpha value is -1.63. The lowest BCUT2D eigenvalue weighted by Crippen LogP contribution is -2.43. The fourth-order valence-corrected chi connectivity index (χ4v) is 8.90. The molecule has 4 aliphatic carbocycles. The third-order valence-corrected chi connectivity index (χ3v) is 13.0. The smallest absolute Gasteiger partial charge is 0.312 e. The van der Waals surface area contributed by atoms with Crippen LogP contribution in [0, 0.1) is 58.7 Å². The second-order valence-electron chi connectivity index (χ2n) is 15.7. The van der Waals surface area contributed by atoms with Crippen molar-refractivity contribution in [3.05, 3.63) is 0 Å². The minimum atomic E-state index is -0.882. The minimum absolute atomic E-state index is 0. The van der Waals surface area contributed by atoms with Crippen molar-refractivity contribution in [2.24, 2.45) is 58.7 Å². The van der Waals surface area contributed by atoms with Gasteiger partial charge in [0.05, 0.1) is 11.3 Å². The lowest BCUT2D eigenvalue weighted by atomic mass is 9.74. The van der Waals surface area contributed by atoms with Crippen LogP contribution in [0.3, 0.4) is 0 Å². The molecule has 7 heteroatoms. The fourth-order valence-electron chi connectivity index (χ4n) is 8.90. The van der Waals surface area contributed by atoms with Crippen LogP contribution in [-0.2, 0) is 28.6 Å². The van der Waals surface area contributed by atoms with Crippen LogP contribution >= 0.6 is 0 Å². The predicted octanol–water partition coefficient (Wildman–Crippen LogP) is 11.3. The monoisotopic (exact) mass is 701 g/mol. The van der Waals surface area contributed by atoms with E-state index in [1.54, 1.807) is 13.8 Å². The number of rotatable bonds is 7. The molecule has 294 valence electrons. The lowest BCUT2D eigenvalue weighted by molar-refractivity contribution is -0.177. The minimum Gasteiger partial charge on any atom is -0.462 e. The molecule has 4 bridgehead atoms. The van der Waals surface area contributed by atoms with Crippen molar-refractivity contribution >= 4 is 17.9 Å². The first-order valence-electron chi connectivity index (χ1n) is 17.5. The first-order valence-corrected chi connectivity index (χ1v) is 17.5. The molecule has 0 aromatic carbocycles. The first kappa shape index (κ1) is 51.7. The number of ether oxygens (including phenoxy) is 3. The van der Waals surface area contributed by atoms with Gasteiger partial charge in [0.1, 0.15) is 11.7 Å². The maximum atomic E-state index is 12.3. The van der Waals surface area contributed by atoms with Gasteiger partial charge in [0, 0.05) is 12.3 Å². The molecular formula is C42H84O7. The van der Waals surface area contributed by atoms with Gasteiger partial charge in [-0.3, -0.25) is 14.4 Å². The highest BCUT2D eigenvalue weighted by atomic mass is 16.6. The number of carbonyl (C=O) groups excluding carboxylic acids is 3. The standard InChI is InChI=1S/C15H24O2.C15H26O2.C6H10O3.6CH4/c1-9-10(2)14-8-12(9)7-11(14)3-4-13-5-6-15(16)17-13;1-5-14(3,4)13(16)17-15(6-2)10-11-7-8-12(15)9-11;1-3-4(2)6(8)9-5(3)7;;;;;;/h9-14H,3-8H2,1-2H3;11-12H,5-10H2,1-4H3;3-5,7H,1-2H3;6*1H4. The number of aliphatic hydroxyl groups is 1. The van der Waals surface area contributed by atoms with Crippen LogP contribution in [0.15, 0.2) is 0 Å². The molecule has 6 fully saturated rings. The highest BCUT2D eigenvalue weighted by Crippen LogP contribution is 2.56. The van der Waals surface area contributed by atoms with Crippen molar-refractivity contribution in [3.63, 3.8) is 0 Å². The van der Waals surface area contributed by atoms with Crippen molar-refractivity contribution in [1.29, 1.82) is 0 Å². The van der Waals surface area contributed by atoms with E-state index in [2.05, 4.69) is 32.4 Å². The molecule has 0 aromatic heterocycles. The molecule has 49 heavy (non-hydrogen) atoms. The zero-order valence-electron chi connectivity index (χ0n) is 28.2. The van der Waals surface area contributed by atoms with Crippen molar-refractivity contribution < 1.29 is 33.7 Å². The Morgan fingerprint density at radius 3 is 1.86 bits per heavy atom. The summed E-state index contributed by atoms with van der Waals surface area (Å²) < 4.78 is 15.8. The van der Waals surface area contributed by atoms with Crippen LogP contribution in [0.2, 0.25) is 0 Å². The number of hydrogen-bond donors (Lipinski definition) is 1. The van der Waals surface area contributed by atoms with Crippen LogP contribution in [0.4, 0.5) is 0 Å². The molecule has 12 atom stereocenters. The number of cyclic esters (lactones) is 2. The second-order valence-corrected chi connectivity index (χ2v) is 15.7. The molecule has 4 saturated carbocycles.